The third-order valence-electron chi connectivity index (χ3n) is 6.85. The molecule has 1 aliphatic heterocycles. The summed E-state index contributed by atoms with van der Waals surface area (Å²) in [5.41, 5.74) is 0.607. The van der Waals surface area contributed by atoms with Crippen LogP contribution in [-0.4, -0.2) is 62.2 Å². The van der Waals surface area contributed by atoms with E-state index < -0.39 is 23.5 Å². The molecule has 2 aromatic carbocycles. The second kappa shape index (κ2) is 11.5. The van der Waals surface area contributed by atoms with Crippen LogP contribution in [0.2, 0.25) is 0 Å². The molecular weight excluding hydrogens is 522 g/mol. The largest absolute Gasteiger partial charge is 0.497 e. The summed E-state index contributed by atoms with van der Waals surface area (Å²) in [5.74, 6) is -0.102. The summed E-state index contributed by atoms with van der Waals surface area (Å²) in [7, 11) is 1.60. The van der Waals surface area contributed by atoms with Gasteiger partial charge in [0.15, 0.2) is 0 Å². The van der Waals surface area contributed by atoms with Crippen molar-refractivity contribution >= 4 is 28.5 Å². The molecular formula is C31H33N5O5. The number of fused-ring (bicyclic) bond motifs is 1. The summed E-state index contributed by atoms with van der Waals surface area (Å²) >= 11 is 0. The first-order valence-electron chi connectivity index (χ1n) is 13.3. The number of carbonyl (C=O) groups excluding carboxylic acids is 2. The SMILES string of the molecule is COc1ccc2cc(Oc3cccc(NC(=O)C4C(=O)N(Cc5ccccc5)N(CC(C)(C)O)C4C)n3)cnc2c1. The van der Waals surface area contributed by atoms with Gasteiger partial charge in [-0.05, 0) is 50.6 Å². The van der Waals surface area contributed by atoms with E-state index in [0.29, 0.717) is 11.5 Å². The van der Waals surface area contributed by atoms with Gasteiger partial charge in [0.25, 0.3) is 5.91 Å². The Morgan fingerprint density at radius 1 is 1.05 bits per heavy atom. The van der Waals surface area contributed by atoms with E-state index in [2.05, 4.69) is 15.3 Å². The number of nitrogens with one attached hydrogen (secondary N) is 1. The molecule has 2 unspecified atom stereocenters. The predicted octanol–water partition coefficient (Wildman–Crippen LogP) is 4.40. The first kappa shape index (κ1) is 28.0. The maximum atomic E-state index is 13.6. The van der Waals surface area contributed by atoms with E-state index in [1.807, 2.05) is 61.5 Å². The number of hydrogen-bond acceptors (Lipinski definition) is 8. The maximum absolute atomic E-state index is 13.6. The van der Waals surface area contributed by atoms with E-state index in [1.54, 1.807) is 55.4 Å². The smallest absolute Gasteiger partial charge is 0.251 e. The van der Waals surface area contributed by atoms with E-state index >= 15 is 0 Å². The quantitative estimate of drug-likeness (QED) is 0.292. The number of anilines is 1. The number of benzene rings is 2. The number of carbonyl (C=O) groups is 2. The number of aromatic nitrogens is 2. The maximum Gasteiger partial charge on any atom is 0.251 e. The van der Waals surface area contributed by atoms with Crippen molar-refractivity contribution < 1.29 is 24.2 Å². The van der Waals surface area contributed by atoms with Crippen molar-refractivity contribution in [2.24, 2.45) is 5.92 Å². The number of hydrazine groups is 1. The number of aliphatic hydroxyl groups is 1. The van der Waals surface area contributed by atoms with Crippen molar-refractivity contribution in [1.29, 1.82) is 0 Å². The summed E-state index contributed by atoms with van der Waals surface area (Å²) in [4.78, 5) is 35.9. The van der Waals surface area contributed by atoms with E-state index in [4.69, 9.17) is 9.47 Å². The molecule has 41 heavy (non-hydrogen) atoms. The number of hydrogen-bond donors (Lipinski definition) is 2. The minimum atomic E-state index is -1.08. The number of amides is 2. The van der Waals surface area contributed by atoms with Gasteiger partial charge in [-0.2, -0.15) is 4.98 Å². The zero-order chi connectivity index (χ0) is 29.1. The third kappa shape index (κ3) is 6.45. The normalized spacial score (nSPS) is 17.6. The zero-order valence-electron chi connectivity index (χ0n) is 23.4. The Bertz CT molecular complexity index is 1560. The molecule has 2 amide bonds. The fraction of sp³-hybridized carbons (Fsp3) is 0.290. The van der Waals surface area contributed by atoms with Crippen molar-refractivity contribution in [2.45, 2.75) is 39.0 Å². The van der Waals surface area contributed by atoms with Crippen LogP contribution in [0.15, 0.2) is 79.0 Å². The highest BCUT2D eigenvalue weighted by atomic mass is 16.5. The molecule has 0 spiro atoms. The number of pyridine rings is 2. The fourth-order valence-corrected chi connectivity index (χ4v) is 4.90. The molecule has 4 aromatic rings. The van der Waals surface area contributed by atoms with Crippen LogP contribution in [0.3, 0.4) is 0 Å². The molecule has 1 fully saturated rings. The van der Waals surface area contributed by atoms with Crippen molar-refractivity contribution in [3.8, 4) is 17.4 Å². The van der Waals surface area contributed by atoms with Crippen LogP contribution in [0.25, 0.3) is 10.9 Å². The van der Waals surface area contributed by atoms with Gasteiger partial charge >= 0.3 is 0 Å². The van der Waals surface area contributed by atoms with E-state index in [-0.39, 0.29) is 30.7 Å². The zero-order valence-corrected chi connectivity index (χ0v) is 23.4. The Kier molecular flexibility index (Phi) is 7.87. The molecule has 0 bridgehead atoms. The lowest BCUT2D eigenvalue weighted by Gasteiger charge is -2.35. The topological polar surface area (TPSA) is 117 Å². The summed E-state index contributed by atoms with van der Waals surface area (Å²) in [6.45, 7) is 5.64. The standard InChI is InChI=1S/C31H33N5O5/c1-20-28(30(38)35(36(20)19-31(2,3)39)18-21-9-6-5-7-10-21)29(37)34-26-11-8-12-27(33-26)41-24-15-22-13-14-23(40-4)16-25(22)32-17-24/h5-17,20,28,39H,18-19H2,1-4H3,(H,33,34,37). The average molecular weight is 556 g/mol. The number of ether oxygens (including phenoxy) is 2. The molecule has 3 heterocycles. The van der Waals surface area contributed by atoms with Crippen molar-refractivity contribution in [1.82, 2.24) is 20.0 Å². The highest BCUT2D eigenvalue weighted by Gasteiger charge is 2.49. The first-order valence-corrected chi connectivity index (χ1v) is 13.3. The lowest BCUT2D eigenvalue weighted by atomic mass is 10.00. The molecule has 0 radical (unpaired) electrons. The van der Waals surface area contributed by atoms with Gasteiger partial charge in [-0.15, -0.1) is 0 Å². The Labute approximate surface area is 238 Å². The third-order valence-corrected chi connectivity index (χ3v) is 6.85. The lowest BCUT2D eigenvalue weighted by Crippen LogP contribution is -2.48. The molecule has 0 saturated carbocycles. The Morgan fingerprint density at radius 3 is 2.56 bits per heavy atom. The van der Waals surface area contributed by atoms with Crippen LogP contribution in [-0.2, 0) is 16.1 Å². The molecule has 5 rings (SSSR count). The minimum absolute atomic E-state index is 0.185. The van der Waals surface area contributed by atoms with Gasteiger partial charge in [0.2, 0.25) is 11.8 Å². The molecule has 2 N–H and O–H groups in total. The van der Waals surface area contributed by atoms with Crippen LogP contribution in [0.1, 0.15) is 26.3 Å². The molecule has 0 aliphatic carbocycles. The number of methoxy groups -OCH3 is 1. The molecule has 10 nitrogen and oxygen atoms in total. The number of nitrogens with zero attached hydrogens (tertiary/aromatic N) is 4. The Hall–Kier alpha value is -4.54. The number of rotatable bonds is 9. The summed E-state index contributed by atoms with van der Waals surface area (Å²) in [6, 6.07) is 21.5. The summed E-state index contributed by atoms with van der Waals surface area (Å²) in [5, 5.41) is 17.5. The van der Waals surface area contributed by atoms with E-state index in [1.165, 1.54) is 0 Å². The molecule has 2 aromatic heterocycles. The van der Waals surface area contributed by atoms with Crippen LogP contribution < -0.4 is 14.8 Å². The highest BCUT2D eigenvalue weighted by Crippen LogP contribution is 2.31. The lowest BCUT2D eigenvalue weighted by molar-refractivity contribution is -0.146. The van der Waals surface area contributed by atoms with Gasteiger partial charge in [-0.1, -0.05) is 36.4 Å². The van der Waals surface area contributed by atoms with Gasteiger partial charge in [0, 0.05) is 30.1 Å². The Morgan fingerprint density at radius 2 is 1.83 bits per heavy atom. The molecule has 2 atom stereocenters. The second-order valence-corrected chi connectivity index (χ2v) is 10.7. The van der Waals surface area contributed by atoms with Crippen molar-refractivity contribution in [3.05, 3.63) is 84.6 Å². The van der Waals surface area contributed by atoms with E-state index in [9.17, 15) is 14.7 Å². The van der Waals surface area contributed by atoms with Crippen LogP contribution in [0.5, 0.6) is 17.4 Å². The Balaban J connectivity index is 1.32. The van der Waals surface area contributed by atoms with Gasteiger partial charge in [-0.25, -0.2) is 5.01 Å². The minimum Gasteiger partial charge on any atom is -0.497 e. The molecule has 1 aliphatic rings. The first-order chi connectivity index (χ1) is 19.6. The van der Waals surface area contributed by atoms with Gasteiger partial charge < -0.3 is 19.9 Å². The van der Waals surface area contributed by atoms with Crippen LogP contribution in [0.4, 0.5) is 5.82 Å². The van der Waals surface area contributed by atoms with Gasteiger partial charge in [0.1, 0.15) is 23.2 Å². The predicted molar refractivity (Wildman–Crippen MR) is 154 cm³/mol. The summed E-state index contributed by atoms with van der Waals surface area (Å²) in [6.07, 6.45) is 1.59. The van der Waals surface area contributed by atoms with Gasteiger partial charge in [-0.3, -0.25) is 19.6 Å². The van der Waals surface area contributed by atoms with Crippen LogP contribution in [0, 0.1) is 5.92 Å². The molecule has 1 saturated heterocycles. The van der Waals surface area contributed by atoms with Crippen LogP contribution >= 0.6 is 0 Å². The van der Waals surface area contributed by atoms with Crippen molar-refractivity contribution in [3.63, 3.8) is 0 Å². The monoisotopic (exact) mass is 555 g/mol. The molecule has 212 valence electrons. The number of β-amino-alcohol motifs (C(OH)–C–C–N with tert-alkyl or cyclic N) is 1. The van der Waals surface area contributed by atoms with E-state index in [0.717, 1.165) is 16.5 Å². The summed E-state index contributed by atoms with van der Waals surface area (Å²) < 4.78 is 11.2. The highest BCUT2D eigenvalue weighted by molar-refractivity contribution is 6.07. The second-order valence-electron chi connectivity index (χ2n) is 10.7. The molecule has 10 heteroatoms. The van der Waals surface area contributed by atoms with Crippen molar-refractivity contribution in [2.75, 3.05) is 19.0 Å². The van der Waals surface area contributed by atoms with Gasteiger partial charge in [0.05, 0.1) is 31.0 Å². The average Bonchev–Trinajstić information content (AvgIpc) is 3.16. The fourth-order valence-electron chi connectivity index (χ4n) is 4.90.